The smallest absolute Gasteiger partial charge is 0.127 e. The average Bonchev–Trinajstić information content (AvgIpc) is 2.70. The highest BCUT2D eigenvalue weighted by Crippen LogP contribution is 2.34. The van der Waals surface area contributed by atoms with Gasteiger partial charge in [0.05, 0.1) is 11.1 Å². The number of hydrogen-bond donors (Lipinski definition) is 2. The van der Waals surface area contributed by atoms with E-state index < -0.39 is 0 Å². The van der Waals surface area contributed by atoms with Crippen molar-refractivity contribution in [2.24, 2.45) is 5.84 Å². The molecule has 0 saturated carbocycles. The van der Waals surface area contributed by atoms with Crippen molar-refractivity contribution >= 4 is 34.5 Å². The zero-order valence-corrected chi connectivity index (χ0v) is 12.5. The molecule has 0 spiro atoms. The third kappa shape index (κ3) is 3.27. The summed E-state index contributed by atoms with van der Waals surface area (Å²) in [5.41, 5.74) is 4.24. The summed E-state index contributed by atoms with van der Waals surface area (Å²) in [6.45, 7) is 1.93. The second-order valence-electron chi connectivity index (χ2n) is 4.26. The largest absolute Gasteiger partial charge is 0.271 e. The predicted octanol–water partition coefficient (Wildman–Crippen LogP) is 4.25. The highest BCUT2D eigenvalue weighted by molar-refractivity contribution is 7.10. The number of nitrogens with one attached hydrogen (secondary N) is 1. The van der Waals surface area contributed by atoms with Gasteiger partial charge in [0.25, 0.3) is 0 Å². The first-order chi connectivity index (χ1) is 9.02. The van der Waals surface area contributed by atoms with Crippen LogP contribution in [0.25, 0.3) is 0 Å². The van der Waals surface area contributed by atoms with E-state index in [1.54, 1.807) is 12.1 Å². The molecule has 1 aromatic heterocycles. The van der Waals surface area contributed by atoms with E-state index in [9.17, 15) is 4.39 Å². The molecule has 2 rings (SSSR count). The second kappa shape index (κ2) is 6.20. The van der Waals surface area contributed by atoms with Crippen LogP contribution < -0.4 is 11.3 Å². The zero-order chi connectivity index (χ0) is 14.0. The van der Waals surface area contributed by atoms with Crippen LogP contribution in [0.1, 0.15) is 22.0 Å². The maximum absolute atomic E-state index is 13.8. The van der Waals surface area contributed by atoms with Crippen LogP contribution in [-0.4, -0.2) is 0 Å². The molecule has 102 valence electrons. The van der Waals surface area contributed by atoms with Gasteiger partial charge in [-0.05, 0) is 42.0 Å². The van der Waals surface area contributed by atoms with E-state index in [4.69, 9.17) is 29.0 Å². The van der Waals surface area contributed by atoms with Gasteiger partial charge >= 0.3 is 0 Å². The number of nitrogens with two attached hydrogens (primary N) is 1. The molecule has 0 fully saturated rings. The first-order valence-corrected chi connectivity index (χ1v) is 7.30. The van der Waals surface area contributed by atoms with Crippen LogP contribution >= 0.6 is 34.5 Å². The first kappa shape index (κ1) is 14.8. The highest BCUT2D eigenvalue weighted by atomic mass is 35.5. The molecule has 1 unspecified atom stereocenters. The highest BCUT2D eigenvalue weighted by Gasteiger charge is 2.19. The fourth-order valence-corrected chi connectivity index (χ4v) is 3.36. The van der Waals surface area contributed by atoms with Gasteiger partial charge in [0.1, 0.15) is 5.82 Å². The monoisotopic (exact) mass is 318 g/mol. The topological polar surface area (TPSA) is 38.0 Å². The Morgan fingerprint density at radius 1 is 1.42 bits per heavy atom. The Morgan fingerprint density at radius 2 is 2.16 bits per heavy atom. The maximum Gasteiger partial charge on any atom is 0.127 e. The number of benzene rings is 1. The summed E-state index contributed by atoms with van der Waals surface area (Å²) >= 11 is 13.5. The summed E-state index contributed by atoms with van der Waals surface area (Å²) in [6, 6.07) is 4.40. The molecule has 0 amide bonds. The standard InChI is InChI=1S/C13H13Cl2FN2S/c1-7-6-19-13(12(7)15)11(18-17)4-8-2-3-9(14)5-10(8)16/h2-3,5-6,11,18H,4,17H2,1H3. The van der Waals surface area contributed by atoms with E-state index in [0.717, 1.165) is 10.4 Å². The Bertz CT molecular complexity index is 586. The van der Waals surface area contributed by atoms with Crippen LogP contribution in [0.2, 0.25) is 10.0 Å². The van der Waals surface area contributed by atoms with E-state index >= 15 is 0 Å². The summed E-state index contributed by atoms with van der Waals surface area (Å²) in [5, 5.41) is 3.02. The Kier molecular flexibility index (Phi) is 4.81. The minimum absolute atomic E-state index is 0.220. The van der Waals surface area contributed by atoms with E-state index in [1.165, 1.54) is 17.4 Å². The van der Waals surface area contributed by atoms with Gasteiger partial charge < -0.3 is 0 Å². The van der Waals surface area contributed by atoms with Crippen molar-refractivity contribution < 1.29 is 4.39 Å². The van der Waals surface area contributed by atoms with Gasteiger partial charge in [-0.25, -0.2) is 4.39 Å². The van der Waals surface area contributed by atoms with Gasteiger partial charge in [-0.15, -0.1) is 11.3 Å². The molecule has 6 heteroatoms. The Morgan fingerprint density at radius 3 is 2.68 bits per heavy atom. The molecule has 1 heterocycles. The molecule has 2 aromatic rings. The SMILES string of the molecule is Cc1csc(C(Cc2ccc(Cl)cc2F)NN)c1Cl. The van der Waals surface area contributed by atoms with Crippen LogP contribution in [0.3, 0.4) is 0 Å². The van der Waals surface area contributed by atoms with Crippen LogP contribution in [0.15, 0.2) is 23.6 Å². The molecule has 0 bridgehead atoms. The van der Waals surface area contributed by atoms with E-state index in [2.05, 4.69) is 5.43 Å². The van der Waals surface area contributed by atoms with Crippen molar-refractivity contribution in [1.82, 2.24) is 5.43 Å². The molecule has 0 saturated heterocycles. The van der Waals surface area contributed by atoms with Crippen molar-refractivity contribution in [3.8, 4) is 0 Å². The summed E-state index contributed by atoms with van der Waals surface area (Å²) in [6.07, 6.45) is 0.416. The minimum atomic E-state index is -0.336. The molecule has 3 N–H and O–H groups in total. The Hall–Kier alpha value is -0.650. The quantitative estimate of drug-likeness (QED) is 0.653. The van der Waals surface area contributed by atoms with Crippen LogP contribution in [0, 0.1) is 12.7 Å². The number of rotatable bonds is 4. The average molecular weight is 319 g/mol. The lowest BCUT2D eigenvalue weighted by molar-refractivity contribution is 0.535. The lowest BCUT2D eigenvalue weighted by Gasteiger charge is -2.15. The third-order valence-corrected chi connectivity index (χ3v) is 4.94. The number of thiophene rings is 1. The molecule has 0 aliphatic rings. The van der Waals surface area contributed by atoms with E-state index in [0.29, 0.717) is 22.0 Å². The molecule has 19 heavy (non-hydrogen) atoms. The normalized spacial score (nSPS) is 12.7. The number of hydrogen-bond acceptors (Lipinski definition) is 3. The lowest BCUT2D eigenvalue weighted by atomic mass is 10.0. The Labute approximate surface area is 125 Å². The fraction of sp³-hybridized carbons (Fsp3) is 0.231. The number of hydrazine groups is 1. The van der Waals surface area contributed by atoms with Crippen molar-refractivity contribution in [2.45, 2.75) is 19.4 Å². The molecule has 1 atom stereocenters. The summed E-state index contributed by atoms with van der Waals surface area (Å²) in [4.78, 5) is 0.913. The summed E-state index contributed by atoms with van der Waals surface area (Å²) in [7, 11) is 0. The number of aryl methyl sites for hydroxylation is 1. The third-order valence-electron chi connectivity index (χ3n) is 2.88. The summed E-state index contributed by atoms with van der Waals surface area (Å²) < 4.78 is 13.8. The summed E-state index contributed by atoms with van der Waals surface area (Å²) in [5.74, 6) is 5.22. The zero-order valence-electron chi connectivity index (χ0n) is 10.2. The lowest BCUT2D eigenvalue weighted by Crippen LogP contribution is -2.29. The first-order valence-electron chi connectivity index (χ1n) is 5.66. The number of halogens is 3. The van der Waals surface area contributed by atoms with Crippen LogP contribution in [0.5, 0.6) is 0 Å². The molecule has 0 aliphatic heterocycles. The predicted molar refractivity (Wildman–Crippen MR) is 79.2 cm³/mol. The Balaban J connectivity index is 2.26. The molecule has 0 aliphatic carbocycles. The van der Waals surface area contributed by atoms with Crippen molar-refractivity contribution in [1.29, 1.82) is 0 Å². The van der Waals surface area contributed by atoms with Gasteiger partial charge in [0, 0.05) is 9.90 Å². The van der Waals surface area contributed by atoms with Crippen molar-refractivity contribution in [3.05, 3.63) is 55.4 Å². The van der Waals surface area contributed by atoms with Gasteiger partial charge in [0.2, 0.25) is 0 Å². The van der Waals surface area contributed by atoms with Gasteiger partial charge in [-0.1, -0.05) is 29.3 Å². The fourth-order valence-electron chi connectivity index (χ4n) is 1.82. The minimum Gasteiger partial charge on any atom is -0.271 e. The van der Waals surface area contributed by atoms with Gasteiger partial charge in [0.15, 0.2) is 0 Å². The second-order valence-corrected chi connectivity index (χ2v) is 5.98. The van der Waals surface area contributed by atoms with E-state index in [-0.39, 0.29) is 11.9 Å². The van der Waals surface area contributed by atoms with E-state index in [1.807, 2.05) is 12.3 Å². The molecular formula is C13H13Cl2FN2S. The van der Waals surface area contributed by atoms with Crippen molar-refractivity contribution in [2.75, 3.05) is 0 Å². The van der Waals surface area contributed by atoms with Gasteiger partial charge in [-0.3, -0.25) is 11.3 Å². The molecule has 0 radical (unpaired) electrons. The van der Waals surface area contributed by atoms with Crippen LogP contribution in [-0.2, 0) is 6.42 Å². The van der Waals surface area contributed by atoms with Crippen molar-refractivity contribution in [3.63, 3.8) is 0 Å². The van der Waals surface area contributed by atoms with Crippen LogP contribution in [0.4, 0.5) is 4.39 Å². The molecular weight excluding hydrogens is 306 g/mol. The van der Waals surface area contributed by atoms with Gasteiger partial charge in [-0.2, -0.15) is 0 Å². The molecule has 2 nitrogen and oxygen atoms in total. The maximum atomic E-state index is 13.8. The molecule has 1 aromatic carbocycles.